The Morgan fingerprint density at radius 3 is 2.28 bits per heavy atom. The van der Waals surface area contributed by atoms with Gasteiger partial charge >= 0.3 is 0 Å². The fraction of sp³-hybridized carbons (Fsp3) is 0.483. The third-order valence-corrected chi connectivity index (χ3v) is 6.30. The zero-order valence-corrected chi connectivity index (χ0v) is 20.2. The quantitative estimate of drug-likeness (QED) is 0.179. The first kappa shape index (κ1) is 24.4. The molecule has 1 aliphatic rings. The Labute approximate surface area is 194 Å². The molecule has 2 aromatic rings. The normalized spacial score (nSPS) is 15.0. The first-order chi connectivity index (χ1) is 15.6. The van der Waals surface area contributed by atoms with E-state index >= 15 is 0 Å². The van der Waals surface area contributed by atoms with Gasteiger partial charge < -0.3 is 9.47 Å². The third-order valence-electron chi connectivity index (χ3n) is 6.30. The molecule has 1 aliphatic heterocycles. The van der Waals surface area contributed by atoms with Gasteiger partial charge in [-0.25, -0.2) is 0 Å². The Kier molecular flexibility index (Phi) is 9.70. The molecule has 0 N–H and O–H groups in total. The summed E-state index contributed by atoms with van der Waals surface area (Å²) >= 11 is 0. The van der Waals surface area contributed by atoms with Gasteiger partial charge in [-0.05, 0) is 31.9 Å². The molecule has 0 aromatic heterocycles. The van der Waals surface area contributed by atoms with Crippen molar-refractivity contribution < 1.29 is 14.0 Å². The second-order valence-corrected chi connectivity index (χ2v) is 9.13. The van der Waals surface area contributed by atoms with E-state index in [1.54, 1.807) is 0 Å². The van der Waals surface area contributed by atoms with Crippen LogP contribution in [0, 0.1) is 0 Å². The van der Waals surface area contributed by atoms with Gasteiger partial charge in [0.2, 0.25) is 5.69 Å². The lowest BCUT2D eigenvalue weighted by Crippen LogP contribution is -2.28. The van der Waals surface area contributed by atoms with E-state index < -0.39 is 0 Å². The number of ether oxygens (including phenoxy) is 2. The number of para-hydroxylation sites is 1. The zero-order valence-electron chi connectivity index (χ0n) is 20.2. The van der Waals surface area contributed by atoms with Crippen LogP contribution in [-0.4, -0.2) is 36.8 Å². The molecule has 0 atom stereocenters. The van der Waals surface area contributed by atoms with Crippen LogP contribution < -0.4 is 0 Å². The standard InChI is InChI=1S/C29H40NO2/c1-4-5-6-7-8-14-22-31-24-32-23-21-30-27-18-13-12-17-26(27)29(2,3)28(30)20-19-25-15-10-9-11-16-25/h9-13,15-20H,4-8,14,21-24H2,1-3H3/q+1/b20-19+. The van der Waals surface area contributed by atoms with Crippen LogP contribution in [0.1, 0.15) is 70.4 Å². The molecule has 32 heavy (non-hydrogen) atoms. The fourth-order valence-corrected chi connectivity index (χ4v) is 4.44. The Morgan fingerprint density at radius 1 is 0.781 bits per heavy atom. The molecule has 3 rings (SSSR count). The van der Waals surface area contributed by atoms with Crippen molar-refractivity contribution >= 4 is 17.5 Å². The van der Waals surface area contributed by atoms with Gasteiger partial charge in [0, 0.05) is 24.3 Å². The Morgan fingerprint density at radius 2 is 1.47 bits per heavy atom. The highest BCUT2D eigenvalue weighted by atomic mass is 16.7. The van der Waals surface area contributed by atoms with E-state index in [1.165, 1.54) is 54.6 Å². The van der Waals surface area contributed by atoms with E-state index in [9.17, 15) is 0 Å². The molecule has 0 aliphatic carbocycles. The monoisotopic (exact) mass is 434 g/mol. The maximum absolute atomic E-state index is 5.83. The lowest BCUT2D eigenvalue weighted by atomic mass is 9.81. The molecule has 0 radical (unpaired) electrons. The van der Waals surface area contributed by atoms with Gasteiger partial charge in [0.1, 0.15) is 13.4 Å². The number of hydrogen-bond acceptors (Lipinski definition) is 2. The number of nitrogens with zero attached hydrogens (tertiary/aromatic N) is 1. The van der Waals surface area contributed by atoms with Gasteiger partial charge in [-0.2, -0.15) is 4.58 Å². The van der Waals surface area contributed by atoms with Gasteiger partial charge in [-0.15, -0.1) is 0 Å². The van der Waals surface area contributed by atoms with E-state index in [4.69, 9.17) is 9.47 Å². The summed E-state index contributed by atoms with van der Waals surface area (Å²) in [5, 5.41) is 0. The predicted molar refractivity (Wildman–Crippen MR) is 135 cm³/mol. The Hall–Kier alpha value is -2.23. The molecule has 0 spiro atoms. The fourth-order valence-electron chi connectivity index (χ4n) is 4.44. The average molecular weight is 435 g/mol. The van der Waals surface area contributed by atoms with Crippen molar-refractivity contribution in [2.24, 2.45) is 0 Å². The van der Waals surface area contributed by atoms with Crippen molar-refractivity contribution in [3.8, 4) is 0 Å². The number of fused-ring (bicyclic) bond motifs is 1. The van der Waals surface area contributed by atoms with E-state index in [2.05, 4.69) is 92.1 Å². The number of unbranched alkanes of at least 4 members (excludes halogenated alkanes) is 5. The van der Waals surface area contributed by atoms with Crippen molar-refractivity contribution in [1.82, 2.24) is 0 Å². The lowest BCUT2D eigenvalue weighted by molar-refractivity contribution is -0.443. The van der Waals surface area contributed by atoms with Crippen LogP contribution in [-0.2, 0) is 14.9 Å². The van der Waals surface area contributed by atoms with Crippen LogP contribution in [0.4, 0.5) is 5.69 Å². The van der Waals surface area contributed by atoms with Gasteiger partial charge in [0.05, 0.1) is 5.41 Å². The van der Waals surface area contributed by atoms with Crippen molar-refractivity contribution in [2.45, 2.75) is 64.7 Å². The summed E-state index contributed by atoms with van der Waals surface area (Å²) < 4.78 is 13.9. The summed E-state index contributed by atoms with van der Waals surface area (Å²) in [5.41, 5.74) is 5.12. The molecule has 1 heterocycles. The second kappa shape index (κ2) is 12.7. The van der Waals surface area contributed by atoms with Crippen LogP contribution in [0.15, 0.2) is 60.7 Å². The molecule has 172 valence electrons. The van der Waals surface area contributed by atoms with Gasteiger partial charge in [0.15, 0.2) is 12.3 Å². The molecular weight excluding hydrogens is 394 g/mol. The van der Waals surface area contributed by atoms with Gasteiger partial charge in [-0.1, -0.05) is 87.6 Å². The topological polar surface area (TPSA) is 21.5 Å². The van der Waals surface area contributed by atoms with Gasteiger partial charge in [-0.3, -0.25) is 0 Å². The summed E-state index contributed by atoms with van der Waals surface area (Å²) in [6.07, 6.45) is 12.2. The molecule has 2 aromatic carbocycles. The molecular formula is C29H40NO2+. The van der Waals surface area contributed by atoms with Crippen molar-refractivity contribution in [2.75, 3.05) is 26.6 Å². The van der Waals surface area contributed by atoms with E-state index in [0.717, 1.165) is 19.6 Å². The third kappa shape index (κ3) is 6.63. The highest BCUT2D eigenvalue weighted by molar-refractivity contribution is 6.05. The highest BCUT2D eigenvalue weighted by Gasteiger charge is 2.43. The summed E-state index contributed by atoms with van der Waals surface area (Å²) in [5.74, 6) is 0. The largest absolute Gasteiger partial charge is 0.355 e. The molecule has 0 amide bonds. The lowest BCUT2D eigenvalue weighted by Gasteiger charge is -2.15. The molecule has 0 fully saturated rings. The summed E-state index contributed by atoms with van der Waals surface area (Å²) in [6.45, 7) is 9.50. The molecule has 0 saturated carbocycles. The molecule has 0 unspecified atom stereocenters. The predicted octanol–water partition coefficient (Wildman–Crippen LogP) is 7.13. The van der Waals surface area contributed by atoms with Crippen LogP contribution in [0.5, 0.6) is 0 Å². The Balaban J connectivity index is 1.55. The van der Waals surface area contributed by atoms with Crippen LogP contribution in [0.25, 0.3) is 6.08 Å². The molecule has 3 heteroatoms. The second-order valence-electron chi connectivity index (χ2n) is 9.13. The minimum Gasteiger partial charge on any atom is -0.355 e. The van der Waals surface area contributed by atoms with Gasteiger partial charge in [0.25, 0.3) is 0 Å². The van der Waals surface area contributed by atoms with Crippen molar-refractivity contribution in [1.29, 1.82) is 0 Å². The van der Waals surface area contributed by atoms with Crippen LogP contribution in [0.2, 0.25) is 0 Å². The van der Waals surface area contributed by atoms with Crippen LogP contribution >= 0.6 is 0 Å². The maximum Gasteiger partial charge on any atom is 0.209 e. The highest BCUT2D eigenvalue weighted by Crippen LogP contribution is 2.39. The van der Waals surface area contributed by atoms with E-state index in [0.29, 0.717) is 13.4 Å². The van der Waals surface area contributed by atoms with Crippen molar-refractivity contribution in [3.05, 3.63) is 71.8 Å². The number of rotatable bonds is 14. The van der Waals surface area contributed by atoms with E-state index in [-0.39, 0.29) is 5.41 Å². The summed E-state index contributed by atoms with van der Waals surface area (Å²) in [6, 6.07) is 19.2. The zero-order chi connectivity index (χ0) is 22.7. The summed E-state index contributed by atoms with van der Waals surface area (Å²) in [4.78, 5) is 0. The van der Waals surface area contributed by atoms with E-state index in [1.807, 2.05) is 0 Å². The minimum absolute atomic E-state index is 0.0455. The minimum atomic E-state index is -0.0455. The molecule has 0 bridgehead atoms. The number of hydrogen-bond donors (Lipinski definition) is 0. The molecule has 0 saturated heterocycles. The molecule has 3 nitrogen and oxygen atoms in total. The first-order valence-electron chi connectivity index (χ1n) is 12.3. The van der Waals surface area contributed by atoms with Crippen molar-refractivity contribution in [3.63, 3.8) is 0 Å². The number of benzene rings is 2. The van der Waals surface area contributed by atoms with Crippen LogP contribution in [0.3, 0.4) is 0 Å². The summed E-state index contributed by atoms with van der Waals surface area (Å²) in [7, 11) is 0. The smallest absolute Gasteiger partial charge is 0.209 e. The number of allylic oxidation sites excluding steroid dienone is 1. The Bertz CT molecular complexity index is 883. The first-order valence-corrected chi connectivity index (χ1v) is 12.3. The SMILES string of the molecule is CCCCCCCCOCOCC[N+]1=C(/C=C/c2ccccc2)C(C)(C)c2ccccc21. The average Bonchev–Trinajstić information content (AvgIpc) is 3.03. The maximum atomic E-state index is 5.83.